The average Bonchev–Trinajstić information content (AvgIpc) is 2.95. The molecule has 5 saturated carbocycles. The van der Waals surface area contributed by atoms with Crippen molar-refractivity contribution in [3.8, 4) is 0 Å². The highest BCUT2D eigenvalue weighted by Gasteiger charge is 2.62. The van der Waals surface area contributed by atoms with Gasteiger partial charge in [0.1, 0.15) is 0 Å². The lowest BCUT2D eigenvalue weighted by Gasteiger charge is -2.64. The van der Waals surface area contributed by atoms with Crippen LogP contribution in [0.4, 0.5) is 0 Å². The summed E-state index contributed by atoms with van der Waals surface area (Å²) >= 11 is 0. The molecule has 0 aliphatic heterocycles. The highest BCUT2D eigenvalue weighted by atomic mass is 16.2. The SMILES string of the molecule is CC12CC3CC(C)(C1)CC(C(=O)NC1CC1)(C3)C2. The third kappa shape index (κ3) is 1.57. The Labute approximate surface area is 110 Å². The molecule has 0 aromatic rings. The van der Waals surface area contributed by atoms with Crippen LogP contribution in [0.5, 0.6) is 0 Å². The van der Waals surface area contributed by atoms with Crippen molar-refractivity contribution in [2.24, 2.45) is 22.2 Å². The Kier molecular flexibility index (Phi) is 1.97. The van der Waals surface area contributed by atoms with Crippen LogP contribution in [-0.2, 0) is 4.79 Å². The van der Waals surface area contributed by atoms with Crippen LogP contribution in [0, 0.1) is 22.2 Å². The summed E-state index contributed by atoms with van der Waals surface area (Å²) in [4.78, 5) is 12.7. The second kappa shape index (κ2) is 3.13. The molecule has 2 nitrogen and oxygen atoms in total. The fourth-order valence-corrected chi connectivity index (χ4v) is 6.27. The summed E-state index contributed by atoms with van der Waals surface area (Å²) in [5.41, 5.74) is 0.912. The van der Waals surface area contributed by atoms with Crippen LogP contribution in [-0.4, -0.2) is 11.9 Å². The maximum absolute atomic E-state index is 12.7. The van der Waals surface area contributed by atoms with Crippen molar-refractivity contribution < 1.29 is 4.79 Å². The Morgan fingerprint density at radius 2 is 1.61 bits per heavy atom. The molecule has 1 amide bonds. The zero-order chi connectivity index (χ0) is 12.6. The van der Waals surface area contributed by atoms with E-state index >= 15 is 0 Å². The summed E-state index contributed by atoms with van der Waals surface area (Å²) in [7, 11) is 0. The third-order valence-electron chi connectivity index (χ3n) is 6.02. The summed E-state index contributed by atoms with van der Waals surface area (Å²) < 4.78 is 0. The highest BCUT2D eigenvalue weighted by Crippen LogP contribution is 2.69. The van der Waals surface area contributed by atoms with Crippen molar-refractivity contribution >= 4 is 5.91 Å². The van der Waals surface area contributed by atoms with Crippen molar-refractivity contribution in [3.63, 3.8) is 0 Å². The van der Waals surface area contributed by atoms with E-state index in [-0.39, 0.29) is 5.41 Å². The summed E-state index contributed by atoms with van der Waals surface area (Å²) in [6, 6.07) is 0.520. The van der Waals surface area contributed by atoms with Crippen LogP contribution in [0.15, 0.2) is 0 Å². The standard InChI is InChI=1S/C16H25NO/c1-14-5-11-6-15(2,8-14)10-16(7-11,9-14)13(18)17-12-3-4-12/h11-12H,3-10H2,1-2H3,(H,17,18). The lowest BCUT2D eigenvalue weighted by Crippen LogP contribution is -2.60. The highest BCUT2D eigenvalue weighted by molar-refractivity contribution is 5.84. The van der Waals surface area contributed by atoms with Crippen molar-refractivity contribution in [1.29, 1.82) is 0 Å². The minimum absolute atomic E-state index is 0.00546. The van der Waals surface area contributed by atoms with Gasteiger partial charge in [-0.2, -0.15) is 0 Å². The first-order chi connectivity index (χ1) is 8.41. The maximum atomic E-state index is 12.7. The number of carbonyl (C=O) groups excluding carboxylic acids is 1. The zero-order valence-electron chi connectivity index (χ0n) is 11.7. The Balaban J connectivity index is 1.66. The van der Waals surface area contributed by atoms with Gasteiger partial charge in [0, 0.05) is 6.04 Å². The van der Waals surface area contributed by atoms with E-state index in [1.165, 1.54) is 38.5 Å². The lowest BCUT2D eigenvalue weighted by molar-refractivity contribution is -0.170. The first-order valence-electron chi connectivity index (χ1n) is 7.72. The number of hydrogen-bond donors (Lipinski definition) is 1. The number of hydrogen-bond acceptors (Lipinski definition) is 1. The summed E-state index contributed by atoms with van der Waals surface area (Å²) in [6.07, 6.45) is 10.0. The normalized spacial score (nSPS) is 53.6. The number of amides is 1. The van der Waals surface area contributed by atoms with E-state index in [4.69, 9.17) is 0 Å². The molecule has 0 aromatic carbocycles. The molecule has 0 saturated heterocycles. The Hall–Kier alpha value is -0.530. The quantitative estimate of drug-likeness (QED) is 0.797. The second-order valence-electron chi connectivity index (χ2n) is 8.66. The van der Waals surface area contributed by atoms with Gasteiger partial charge >= 0.3 is 0 Å². The third-order valence-corrected chi connectivity index (χ3v) is 6.02. The summed E-state index contributed by atoms with van der Waals surface area (Å²) in [5, 5.41) is 3.31. The van der Waals surface area contributed by atoms with Gasteiger partial charge in [-0.1, -0.05) is 13.8 Å². The van der Waals surface area contributed by atoms with E-state index in [0.29, 0.717) is 22.8 Å². The average molecular weight is 247 g/mol. The predicted octanol–water partition coefficient (Wildman–Crippen LogP) is 3.26. The van der Waals surface area contributed by atoms with Crippen molar-refractivity contribution in [2.75, 3.05) is 0 Å². The molecule has 18 heavy (non-hydrogen) atoms. The molecule has 1 N–H and O–H groups in total. The van der Waals surface area contributed by atoms with Gasteiger partial charge in [-0.05, 0) is 68.1 Å². The molecule has 100 valence electrons. The molecule has 2 atom stereocenters. The molecule has 0 aromatic heterocycles. The van der Waals surface area contributed by atoms with Crippen molar-refractivity contribution in [1.82, 2.24) is 5.32 Å². The molecule has 4 bridgehead atoms. The molecule has 5 aliphatic rings. The van der Waals surface area contributed by atoms with Crippen LogP contribution < -0.4 is 5.32 Å². The topological polar surface area (TPSA) is 29.1 Å². The predicted molar refractivity (Wildman–Crippen MR) is 71.0 cm³/mol. The summed E-state index contributed by atoms with van der Waals surface area (Å²) in [5.74, 6) is 1.23. The maximum Gasteiger partial charge on any atom is 0.226 e. The fourth-order valence-electron chi connectivity index (χ4n) is 6.27. The minimum atomic E-state index is 0.00546. The second-order valence-corrected chi connectivity index (χ2v) is 8.66. The van der Waals surface area contributed by atoms with E-state index in [1.807, 2.05) is 0 Å². The van der Waals surface area contributed by atoms with Crippen LogP contribution in [0.2, 0.25) is 0 Å². The van der Waals surface area contributed by atoms with Gasteiger partial charge in [0.25, 0.3) is 0 Å². The van der Waals surface area contributed by atoms with Gasteiger partial charge in [0.15, 0.2) is 0 Å². The van der Waals surface area contributed by atoms with Gasteiger partial charge in [0.05, 0.1) is 5.41 Å². The smallest absolute Gasteiger partial charge is 0.226 e. The Morgan fingerprint density at radius 1 is 1.00 bits per heavy atom. The molecule has 2 heteroatoms. The minimum Gasteiger partial charge on any atom is -0.353 e. The fraction of sp³-hybridized carbons (Fsp3) is 0.938. The first kappa shape index (κ1) is 11.3. The van der Waals surface area contributed by atoms with E-state index in [0.717, 1.165) is 18.8 Å². The van der Waals surface area contributed by atoms with Crippen LogP contribution >= 0.6 is 0 Å². The zero-order valence-corrected chi connectivity index (χ0v) is 11.7. The van der Waals surface area contributed by atoms with Crippen molar-refractivity contribution in [2.45, 2.75) is 71.3 Å². The number of rotatable bonds is 2. The first-order valence-corrected chi connectivity index (χ1v) is 7.72. The Bertz CT molecular complexity index is 393. The summed E-state index contributed by atoms with van der Waals surface area (Å²) in [6.45, 7) is 4.88. The molecular weight excluding hydrogens is 222 g/mol. The van der Waals surface area contributed by atoms with Crippen molar-refractivity contribution in [3.05, 3.63) is 0 Å². The number of nitrogens with one attached hydrogen (secondary N) is 1. The van der Waals surface area contributed by atoms with Gasteiger partial charge in [0.2, 0.25) is 5.91 Å². The van der Waals surface area contributed by atoms with Crippen LogP contribution in [0.3, 0.4) is 0 Å². The molecule has 5 aliphatic carbocycles. The Morgan fingerprint density at radius 3 is 2.11 bits per heavy atom. The van der Waals surface area contributed by atoms with E-state index in [1.54, 1.807) is 0 Å². The lowest BCUT2D eigenvalue weighted by atomic mass is 9.40. The largest absolute Gasteiger partial charge is 0.353 e. The van der Waals surface area contributed by atoms with Crippen LogP contribution in [0.1, 0.15) is 65.2 Å². The van der Waals surface area contributed by atoms with Gasteiger partial charge in [-0.3, -0.25) is 4.79 Å². The van der Waals surface area contributed by atoms with Crippen LogP contribution in [0.25, 0.3) is 0 Å². The molecule has 0 spiro atoms. The van der Waals surface area contributed by atoms with E-state index in [2.05, 4.69) is 19.2 Å². The molecule has 5 rings (SSSR count). The monoisotopic (exact) mass is 247 g/mol. The molecule has 5 fully saturated rings. The molecule has 0 heterocycles. The molecule has 2 unspecified atom stereocenters. The molecule has 0 radical (unpaired) electrons. The van der Waals surface area contributed by atoms with E-state index < -0.39 is 0 Å². The number of carbonyl (C=O) groups is 1. The van der Waals surface area contributed by atoms with Gasteiger partial charge < -0.3 is 5.32 Å². The van der Waals surface area contributed by atoms with Gasteiger partial charge in [-0.15, -0.1) is 0 Å². The molecular formula is C16H25NO. The van der Waals surface area contributed by atoms with E-state index in [9.17, 15) is 4.79 Å². The van der Waals surface area contributed by atoms with Gasteiger partial charge in [-0.25, -0.2) is 0 Å².